The molecule has 0 aliphatic carbocycles. The average molecular weight is 406 g/mol. The number of ether oxygens (including phenoxy) is 3. The lowest BCUT2D eigenvalue weighted by molar-refractivity contribution is -0.145. The molecule has 2 aliphatic heterocycles. The van der Waals surface area contributed by atoms with Crippen LogP contribution >= 0.6 is 0 Å². The van der Waals surface area contributed by atoms with Gasteiger partial charge in [-0.15, -0.1) is 0 Å². The summed E-state index contributed by atoms with van der Waals surface area (Å²) in [5, 5.41) is 12.5. The van der Waals surface area contributed by atoms with Gasteiger partial charge >= 0.3 is 12.1 Å². The van der Waals surface area contributed by atoms with Gasteiger partial charge in [-0.2, -0.15) is 0 Å². The van der Waals surface area contributed by atoms with Gasteiger partial charge in [0.05, 0.1) is 20.1 Å². The minimum atomic E-state index is -0.914. The molecule has 1 aromatic carbocycles. The molecule has 1 amide bonds. The molecule has 3 rings (SSSR count). The van der Waals surface area contributed by atoms with Crippen LogP contribution in [-0.2, 0) is 16.0 Å². The van der Waals surface area contributed by atoms with E-state index >= 15 is 0 Å². The molecule has 2 heterocycles. The fourth-order valence-electron chi connectivity index (χ4n) is 4.23. The van der Waals surface area contributed by atoms with Crippen LogP contribution in [0.1, 0.15) is 44.4 Å². The van der Waals surface area contributed by atoms with Crippen molar-refractivity contribution < 1.29 is 28.9 Å². The number of benzene rings is 1. The number of carbonyl (C=O) groups is 2. The Morgan fingerprint density at radius 1 is 1.17 bits per heavy atom. The third kappa shape index (κ3) is 4.58. The van der Waals surface area contributed by atoms with E-state index in [2.05, 4.69) is 10.2 Å². The van der Waals surface area contributed by atoms with Gasteiger partial charge in [0.1, 0.15) is 5.60 Å². The van der Waals surface area contributed by atoms with Gasteiger partial charge in [0.2, 0.25) is 0 Å². The van der Waals surface area contributed by atoms with Gasteiger partial charge in [0.15, 0.2) is 11.5 Å². The molecule has 8 heteroatoms. The molecule has 0 aromatic heterocycles. The van der Waals surface area contributed by atoms with Gasteiger partial charge in [-0.25, -0.2) is 4.79 Å². The van der Waals surface area contributed by atoms with Crippen LogP contribution < -0.4 is 14.8 Å². The number of carboxylic acids is 1. The van der Waals surface area contributed by atoms with E-state index in [1.807, 2.05) is 12.1 Å². The summed E-state index contributed by atoms with van der Waals surface area (Å²) in [6.45, 7) is 6.47. The zero-order valence-corrected chi connectivity index (χ0v) is 17.7. The Hall–Kier alpha value is -2.48. The first-order valence-electron chi connectivity index (χ1n) is 9.84. The van der Waals surface area contributed by atoms with Crippen molar-refractivity contribution in [1.29, 1.82) is 0 Å². The van der Waals surface area contributed by atoms with Crippen LogP contribution in [0.3, 0.4) is 0 Å². The van der Waals surface area contributed by atoms with Crippen LogP contribution in [0.4, 0.5) is 4.79 Å². The standard InChI is InChI=1S/C21H30N2O6/c1-21(2,3)29-20(26)22-15-10-16-13-9-18(28-5)17(27-4)8-12(13)6-7-23(16)11-14(15)19(24)25/h8-9,14-16H,6-7,10-11H2,1-5H3,(H,22,26)(H,24,25)/t14-,15-,16-/m0/s1. The summed E-state index contributed by atoms with van der Waals surface area (Å²) in [6.07, 6.45) is 0.701. The first-order chi connectivity index (χ1) is 13.6. The lowest BCUT2D eigenvalue weighted by Gasteiger charge is -2.46. The van der Waals surface area contributed by atoms with E-state index in [4.69, 9.17) is 14.2 Å². The quantitative estimate of drug-likeness (QED) is 0.793. The fraction of sp³-hybridized carbons (Fsp3) is 0.619. The molecule has 0 radical (unpaired) electrons. The summed E-state index contributed by atoms with van der Waals surface area (Å²) >= 11 is 0. The Kier molecular flexibility index (Phi) is 5.93. The maximum atomic E-state index is 12.3. The second-order valence-corrected chi connectivity index (χ2v) is 8.60. The third-order valence-corrected chi connectivity index (χ3v) is 5.53. The monoisotopic (exact) mass is 406 g/mol. The van der Waals surface area contributed by atoms with E-state index in [9.17, 15) is 14.7 Å². The number of amides is 1. The number of hydrogen-bond donors (Lipinski definition) is 2. The third-order valence-electron chi connectivity index (χ3n) is 5.53. The molecule has 160 valence electrons. The van der Waals surface area contributed by atoms with Crippen LogP contribution in [-0.4, -0.2) is 61.0 Å². The highest BCUT2D eigenvalue weighted by Gasteiger charge is 2.43. The number of carboxylic acid groups (broad SMARTS) is 1. The number of methoxy groups -OCH3 is 2. The smallest absolute Gasteiger partial charge is 0.407 e. The van der Waals surface area contributed by atoms with E-state index in [0.29, 0.717) is 24.5 Å². The Bertz CT molecular complexity index is 788. The molecule has 3 atom stereocenters. The zero-order valence-electron chi connectivity index (χ0n) is 17.7. The highest BCUT2D eigenvalue weighted by molar-refractivity contribution is 5.74. The number of nitrogens with zero attached hydrogens (tertiary/aromatic N) is 1. The first-order valence-corrected chi connectivity index (χ1v) is 9.84. The number of aliphatic carboxylic acids is 1. The molecule has 2 aliphatic rings. The normalized spacial score (nSPS) is 24.1. The Labute approximate surface area is 171 Å². The van der Waals surface area contributed by atoms with Crippen LogP contribution in [0.25, 0.3) is 0 Å². The van der Waals surface area contributed by atoms with Crippen LogP contribution in [0.5, 0.6) is 11.5 Å². The van der Waals surface area contributed by atoms with Crippen molar-refractivity contribution in [2.24, 2.45) is 5.92 Å². The summed E-state index contributed by atoms with van der Waals surface area (Å²) in [5.41, 5.74) is 1.60. The molecule has 2 N–H and O–H groups in total. The maximum absolute atomic E-state index is 12.3. The molecular formula is C21H30N2O6. The molecule has 0 unspecified atom stereocenters. The largest absolute Gasteiger partial charge is 0.493 e. The minimum absolute atomic E-state index is 0.00547. The second-order valence-electron chi connectivity index (χ2n) is 8.60. The number of fused-ring (bicyclic) bond motifs is 3. The SMILES string of the molecule is COc1cc2c(cc1OC)[C@@H]1C[C@H](NC(=O)OC(C)(C)C)[C@@H](C(=O)O)CN1CC2. The van der Waals surface area contributed by atoms with Crippen molar-refractivity contribution in [3.8, 4) is 11.5 Å². The van der Waals surface area contributed by atoms with Crippen molar-refractivity contribution >= 4 is 12.1 Å². The predicted molar refractivity (Wildman–Crippen MR) is 106 cm³/mol. The highest BCUT2D eigenvalue weighted by atomic mass is 16.6. The maximum Gasteiger partial charge on any atom is 0.407 e. The highest BCUT2D eigenvalue weighted by Crippen LogP contribution is 2.42. The van der Waals surface area contributed by atoms with Gasteiger partial charge in [-0.1, -0.05) is 0 Å². The van der Waals surface area contributed by atoms with Gasteiger partial charge in [-0.05, 0) is 56.9 Å². The van der Waals surface area contributed by atoms with Gasteiger partial charge in [0, 0.05) is 25.2 Å². The summed E-state index contributed by atoms with van der Waals surface area (Å²) in [6, 6.07) is 3.43. The Morgan fingerprint density at radius 3 is 2.41 bits per heavy atom. The second kappa shape index (κ2) is 8.10. The molecule has 1 saturated heterocycles. The molecule has 0 bridgehead atoms. The average Bonchev–Trinajstić information content (AvgIpc) is 2.64. The van der Waals surface area contributed by atoms with Crippen molar-refractivity contribution in [3.05, 3.63) is 23.3 Å². The van der Waals surface area contributed by atoms with Gasteiger partial charge in [0.25, 0.3) is 0 Å². The molecule has 1 fully saturated rings. The number of rotatable bonds is 4. The van der Waals surface area contributed by atoms with E-state index < -0.39 is 29.6 Å². The lowest BCUT2D eigenvalue weighted by Crippen LogP contribution is -2.56. The van der Waals surface area contributed by atoms with E-state index in [-0.39, 0.29) is 6.04 Å². The number of nitrogens with one attached hydrogen (secondary N) is 1. The van der Waals surface area contributed by atoms with Crippen LogP contribution in [0.2, 0.25) is 0 Å². The van der Waals surface area contributed by atoms with Gasteiger partial charge in [-0.3, -0.25) is 9.69 Å². The first kappa shape index (κ1) is 21.2. The Morgan fingerprint density at radius 2 is 1.83 bits per heavy atom. The van der Waals surface area contributed by atoms with Crippen molar-refractivity contribution in [2.75, 3.05) is 27.3 Å². The summed E-state index contributed by atoms with van der Waals surface area (Å²) in [5.74, 6) is -0.282. The zero-order chi connectivity index (χ0) is 21.3. The van der Waals surface area contributed by atoms with Crippen LogP contribution in [0, 0.1) is 5.92 Å². The summed E-state index contributed by atoms with van der Waals surface area (Å²) < 4.78 is 16.2. The van der Waals surface area contributed by atoms with Crippen LogP contribution in [0.15, 0.2) is 12.1 Å². The summed E-state index contributed by atoms with van der Waals surface area (Å²) in [4.78, 5) is 26.4. The molecule has 0 saturated carbocycles. The lowest BCUT2D eigenvalue weighted by atomic mass is 9.80. The van der Waals surface area contributed by atoms with E-state index in [1.165, 1.54) is 0 Å². The molecule has 8 nitrogen and oxygen atoms in total. The van der Waals surface area contributed by atoms with Crippen molar-refractivity contribution in [3.63, 3.8) is 0 Å². The minimum Gasteiger partial charge on any atom is -0.493 e. The Balaban J connectivity index is 1.88. The molecule has 0 spiro atoms. The van der Waals surface area contributed by atoms with Crippen molar-refractivity contribution in [1.82, 2.24) is 10.2 Å². The molecular weight excluding hydrogens is 376 g/mol. The van der Waals surface area contributed by atoms with E-state index in [1.54, 1.807) is 35.0 Å². The summed E-state index contributed by atoms with van der Waals surface area (Å²) in [7, 11) is 3.21. The fourth-order valence-corrected chi connectivity index (χ4v) is 4.23. The number of alkyl carbamates (subject to hydrolysis) is 1. The van der Waals surface area contributed by atoms with Gasteiger partial charge < -0.3 is 24.6 Å². The number of piperidine rings is 1. The molecule has 1 aromatic rings. The predicted octanol–water partition coefficient (Wildman–Crippen LogP) is 2.60. The number of carbonyl (C=O) groups excluding carboxylic acids is 1. The van der Waals surface area contributed by atoms with E-state index in [0.717, 1.165) is 24.1 Å². The van der Waals surface area contributed by atoms with Crippen molar-refractivity contribution in [2.45, 2.75) is 51.3 Å². The topological polar surface area (TPSA) is 97.3 Å². The molecule has 29 heavy (non-hydrogen) atoms. The number of hydrogen-bond acceptors (Lipinski definition) is 6.